The summed E-state index contributed by atoms with van der Waals surface area (Å²) < 4.78 is 5.68. The molecule has 1 aromatic rings. The van der Waals surface area contributed by atoms with E-state index in [0.29, 0.717) is 11.3 Å². The first-order valence-electron chi connectivity index (χ1n) is 6.77. The second-order valence-corrected chi connectivity index (χ2v) is 7.17. The first kappa shape index (κ1) is 12.0. The summed E-state index contributed by atoms with van der Waals surface area (Å²) in [5, 5.41) is 10.5. The van der Waals surface area contributed by atoms with Gasteiger partial charge < -0.3 is 9.84 Å². The molecule has 2 atom stereocenters. The molecule has 1 saturated carbocycles. The van der Waals surface area contributed by atoms with Gasteiger partial charge in [0.25, 0.3) is 0 Å². The highest BCUT2D eigenvalue weighted by atomic mass is 16.5. The summed E-state index contributed by atoms with van der Waals surface area (Å²) in [6.07, 6.45) is 0.784. The Balaban J connectivity index is 1.91. The van der Waals surface area contributed by atoms with Gasteiger partial charge in [-0.2, -0.15) is 0 Å². The van der Waals surface area contributed by atoms with E-state index in [2.05, 4.69) is 33.8 Å². The van der Waals surface area contributed by atoms with Gasteiger partial charge in [0.2, 0.25) is 0 Å². The minimum absolute atomic E-state index is 0.0597. The van der Waals surface area contributed by atoms with Crippen LogP contribution in [0.25, 0.3) is 0 Å². The van der Waals surface area contributed by atoms with Crippen LogP contribution in [0.15, 0.2) is 18.2 Å². The molecule has 1 aromatic carbocycles. The Morgan fingerprint density at radius 3 is 2.56 bits per heavy atom. The van der Waals surface area contributed by atoms with Crippen LogP contribution in [0.2, 0.25) is 0 Å². The zero-order valence-electron chi connectivity index (χ0n) is 11.7. The van der Waals surface area contributed by atoms with Crippen molar-refractivity contribution in [1.29, 1.82) is 0 Å². The van der Waals surface area contributed by atoms with E-state index < -0.39 is 0 Å². The highest BCUT2D eigenvalue weighted by molar-refractivity contribution is 5.46. The largest absolute Gasteiger partial charge is 0.492 e. The van der Waals surface area contributed by atoms with Crippen LogP contribution in [0.3, 0.4) is 0 Å². The van der Waals surface area contributed by atoms with Gasteiger partial charge in [0.05, 0.1) is 12.7 Å². The van der Waals surface area contributed by atoms with Crippen LogP contribution in [-0.2, 0) is 5.41 Å². The van der Waals surface area contributed by atoms with Gasteiger partial charge in [-0.15, -0.1) is 0 Å². The van der Waals surface area contributed by atoms with Crippen LogP contribution in [0, 0.1) is 11.3 Å². The SMILES string of the molecule is CC1(C)COc2ccc(C(O)C3CC3(C)C)cc21. The molecule has 0 radical (unpaired) electrons. The predicted molar refractivity (Wildman–Crippen MR) is 71.8 cm³/mol. The van der Waals surface area contributed by atoms with Gasteiger partial charge in [0.15, 0.2) is 0 Å². The molecule has 2 nitrogen and oxygen atoms in total. The van der Waals surface area contributed by atoms with Gasteiger partial charge >= 0.3 is 0 Å². The molecule has 1 N–H and O–H groups in total. The first-order chi connectivity index (χ1) is 8.31. The Hall–Kier alpha value is -1.02. The third-order valence-corrected chi connectivity index (χ3v) is 4.63. The van der Waals surface area contributed by atoms with E-state index in [-0.39, 0.29) is 11.5 Å². The summed E-state index contributed by atoms with van der Waals surface area (Å²) in [5.41, 5.74) is 2.63. The molecule has 0 aromatic heterocycles. The summed E-state index contributed by atoms with van der Waals surface area (Å²) in [6, 6.07) is 6.17. The zero-order valence-corrected chi connectivity index (χ0v) is 11.7. The molecular weight excluding hydrogens is 224 g/mol. The maximum Gasteiger partial charge on any atom is 0.123 e. The fourth-order valence-corrected chi connectivity index (χ4v) is 3.00. The Labute approximate surface area is 109 Å². The minimum atomic E-state index is -0.332. The Morgan fingerprint density at radius 1 is 1.28 bits per heavy atom. The van der Waals surface area contributed by atoms with E-state index in [1.54, 1.807) is 0 Å². The summed E-state index contributed by atoms with van der Waals surface area (Å²) in [4.78, 5) is 0. The van der Waals surface area contributed by atoms with Crippen molar-refractivity contribution in [2.75, 3.05) is 6.61 Å². The molecule has 1 fully saturated rings. The van der Waals surface area contributed by atoms with E-state index in [1.807, 2.05) is 12.1 Å². The molecule has 0 saturated heterocycles. The molecule has 2 unspecified atom stereocenters. The summed E-state index contributed by atoms with van der Waals surface area (Å²) in [6.45, 7) is 9.56. The lowest BCUT2D eigenvalue weighted by molar-refractivity contribution is 0.138. The molecule has 3 rings (SSSR count). The lowest BCUT2D eigenvalue weighted by Gasteiger charge is -2.18. The standard InChI is InChI=1S/C16H22O2/c1-15(2)8-12(15)14(17)10-5-6-13-11(7-10)16(3,4)9-18-13/h5-7,12,14,17H,8-9H2,1-4H3. The van der Waals surface area contributed by atoms with Gasteiger partial charge in [0.1, 0.15) is 5.75 Å². The number of ether oxygens (including phenoxy) is 1. The molecule has 2 heteroatoms. The zero-order chi connectivity index (χ0) is 13.1. The van der Waals surface area contributed by atoms with Crippen molar-refractivity contribution in [1.82, 2.24) is 0 Å². The lowest BCUT2D eigenvalue weighted by atomic mass is 9.85. The second-order valence-electron chi connectivity index (χ2n) is 7.17. The Morgan fingerprint density at radius 2 is 1.94 bits per heavy atom. The third-order valence-electron chi connectivity index (χ3n) is 4.63. The van der Waals surface area contributed by atoms with Crippen molar-refractivity contribution in [2.24, 2.45) is 11.3 Å². The van der Waals surface area contributed by atoms with E-state index in [9.17, 15) is 5.11 Å². The van der Waals surface area contributed by atoms with Crippen LogP contribution in [0.1, 0.15) is 51.3 Å². The van der Waals surface area contributed by atoms with Gasteiger partial charge in [-0.3, -0.25) is 0 Å². The fourth-order valence-electron chi connectivity index (χ4n) is 3.00. The molecule has 18 heavy (non-hydrogen) atoms. The average Bonchev–Trinajstić information content (AvgIpc) is 2.83. The van der Waals surface area contributed by atoms with E-state index >= 15 is 0 Å². The van der Waals surface area contributed by atoms with Gasteiger partial charge in [0, 0.05) is 11.0 Å². The smallest absolute Gasteiger partial charge is 0.123 e. The number of hydrogen-bond acceptors (Lipinski definition) is 2. The molecular formula is C16H22O2. The van der Waals surface area contributed by atoms with Crippen LogP contribution in [-0.4, -0.2) is 11.7 Å². The second kappa shape index (κ2) is 3.51. The lowest BCUT2D eigenvalue weighted by Crippen LogP contribution is -2.18. The van der Waals surface area contributed by atoms with Gasteiger partial charge in [-0.05, 0) is 35.4 Å². The van der Waals surface area contributed by atoms with Crippen LogP contribution in [0.5, 0.6) is 5.75 Å². The van der Waals surface area contributed by atoms with Crippen LogP contribution < -0.4 is 4.74 Å². The van der Waals surface area contributed by atoms with E-state index in [1.165, 1.54) is 5.56 Å². The Bertz CT molecular complexity index is 488. The highest BCUT2D eigenvalue weighted by Gasteiger charge is 2.50. The third kappa shape index (κ3) is 1.74. The van der Waals surface area contributed by atoms with Crippen molar-refractivity contribution >= 4 is 0 Å². The van der Waals surface area contributed by atoms with Crippen molar-refractivity contribution in [2.45, 2.75) is 45.6 Å². The number of hydrogen-bond donors (Lipinski definition) is 1. The van der Waals surface area contributed by atoms with Crippen LogP contribution >= 0.6 is 0 Å². The van der Waals surface area contributed by atoms with E-state index in [0.717, 1.165) is 24.3 Å². The van der Waals surface area contributed by atoms with Crippen LogP contribution in [0.4, 0.5) is 0 Å². The number of rotatable bonds is 2. The molecule has 0 bridgehead atoms. The molecule has 1 heterocycles. The maximum absolute atomic E-state index is 10.5. The van der Waals surface area contributed by atoms with Crippen molar-refractivity contribution in [3.63, 3.8) is 0 Å². The normalized spacial score (nSPS) is 28.4. The summed E-state index contributed by atoms with van der Waals surface area (Å²) >= 11 is 0. The van der Waals surface area contributed by atoms with Crippen molar-refractivity contribution in [3.8, 4) is 5.75 Å². The fraction of sp³-hybridized carbons (Fsp3) is 0.625. The van der Waals surface area contributed by atoms with Crippen molar-refractivity contribution < 1.29 is 9.84 Å². The number of benzene rings is 1. The summed E-state index contributed by atoms with van der Waals surface area (Å²) in [7, 11) is 0. The predicted octanol–water partition coefficient (Wildman–Crippen LogP) is 3.44. The highest BCUT2D eigenvalue weighted by Crippen LogP contribution is 2.58. The Kier molecular flexibility index (Phi) is 2.34. The van der Waals surface area contributed by atoms with Gasteiger partial charge in [-0.25, -0.2) is 0 Å². The van der Waals surface area contributed by atoms with E-state index in [4.69, 9.17) is 4.74 Å². The number of aliphatic hydroxyl groups is 1. The molecule has 98 valence electrons. The molecule has 2 aliphatic rings. The molecule has 0 spiro atoms. The monoisotopic (exact) mass is 246 g/mol. The van der Waals surface area contributed by atoms with Gasteiger partial charge in [-0.1, -0.05) is 33.8 Å². The molecule has 0 amide bonds. The first-order valence-corrected chi connectivity index (χ1v) is 6.77. The number of fused-ring (bicyclic) bond motifs is 1. The molecule has 1 aliphatic heterocycles. The summed E-state index contributed by atoms with van der Waals surface area (Å²) in [5.74, 6) is 1.38. The average molecular weight is 246 g/mol. The minimum Gasteiger partial charge on any atom is -0.492 e. The van der Waals surface area contributed by atoms with Crippen molar-refractivity contribution in [3.05, 3.63) is 29.3 Å². The topological polar surface area (TPSA) is 29.5 Å². The maximum atomic E-state index is 10.5. The quantitative estimate of drug-likeness (QED) is 0.866. The number of aliphatic hydroxyl groups excluding tert-OH is 1. The molecule has 1 aliphatic carbocycles.